The summed E-state index contributed by atoms with van der Waals surface area (Å²) in [5.41, 5.74) is 0. The summed E-state index contributed by atoms with van der Waals surface area (Å²) in [6.45, 7) is 3.44. The van der Waals surface area contributed by atoms with E-state index >= 15 is 0 Å². The Morgan fingerprint density at radius 3 is 2.87 bits per heavy atom. The molecule has 1 aromatic rings. The second-order valence-corrected chi connectivity index (χ2v) is 6.17. The predicted molar refractivity (Wildman–Crippen MR) is 67.8 cm³/mol. The van der Waals surface area contributed by atoms with Crippen molar-refractivity contribution in [2.45, 2.75) is 38.6 Å². The first-order valence-corrected chi connectivity index (χ1v) is 6.95. The van der Waals surface area contributed by atoms with E-state index in [-0.39, 0.29) is 0 Å². The number of hydrogen-bond acceptors (Lipinski definition) is 2. The fourth-order valence-electron chi connectivity index (χ4n) is 1.73. The van der Waals surface area contributed by atoms with E-state index in [1.165, 1.54) is 30.6 Å². The van der Waals surface area contributed by atoms with Crippen LogP contribution >= 0.6 is 22.9 Å². The monoisotopic (exact) mass is 243 g/mol. The molecule has 15 heavy (non-hydrogen) atoms. The van der Waals surface area contributed by atoms with Crippen LogP contribution in [0.25, 0.3) is 0 Å². The van der Waals surface area contributed by atoms with E-state index in [1.54, 1.807) is 11.3 Å². The van der Waals surface area contributed by atoms with Gasteiger partial charge in [0.25, 0.3) is 0 Å². The van der Waals surface area contributed by atoms with Gasteiger partial charge in [-0.15, -0.1) is 11.3 Å². The molecule has 0 aliphatic heterocycles. The Bertz CT molecular complexity index is 306. The minimum absolute atomic E-state index is 0.764. The molecule has 1 aliphatic carbocycles. The minimum atomic E-state index is 0.764. The first kappa shape index (κ1) is 11.4. The highest BCUT2D eigenvalue weighted by Crippen LogP contribution is 2.25. The molecule has 1 aromatic heterocycles. The second-order valence-electron chi connectivity index (χ2n) is 4.37. The summed E-state index contributed by atoms with van der Waals surface area (Å²) < 4.78 is 0.912. The molecule has 0 radical (unpaired) electrons. The molecule has 84 valence electrons. The molecular weight excluding hydrogens is 226 g/mol. The van der Waals surface area contributed by atoms with Crippen molar-refractivity contribution in [3.05, 3.63) is 21.3 Å². The van der Waals surface area contributed by atoms with E-state index in [4.69, 9.17) is 11.6 Å². The van der Waals surface area contributed by atoms with Crippen LogP contribution in [0.15, 0.2) is 12.1 Å². The van der Waals surface area contributed by atoms with Gasteiger partial charge in [-0.1, -0.05) is 24.9 Å². The summed E-state index contributed by atoms with van der Waals surface area (Å²) in [4.78, 5) is 1.42. The molecule has 0 bridgehead atoms. The number of thiophene rings is 1. The molecule has 1 unspecified atom stereocenters. The average Bonchev–Trinajstić information content (AvgIpc) is 2.97. The van der Waals surface area contributed by atoms with Crippen molar-refractivity contribution >= 4 is 22.9 Å². The van der Waals surface area contributed by atoms with Crippen LogP contribution in [0.5, 0.6) is 0 Å². The highest BCUT2D eigenvalue weighted by molar-refractivity contribution is 7.16. The third kappa shape index (κ3) is 3.78. The zero-order valence-electron chi connectivity index (χ0n) is 9.13. The lowest BCUT2D eigenvalue weighted by molar-refractivity contribution is 0.461. The molecular formula is C12H18ClNS. The lowest BCUT2D eigenvalue weighted by Crippen LogP contribution is -2.25. The fraction of sp³-hybridized carbons (Fsp3) is 0.667. The fourth-order valence-corrected chi connectivity index (χ4v) is 2.93. The zero-order chi connectivity index (χ0) is 10.7. The Morgan fingerprint density at radius 1 is 1.53 bits per heavy atom. The van der Waals surface area contributed by atoms with Crippen molar-refractivity contribution in [2.24, 2.45) is 5.92 Å². The van der Waals surface area contributed by atoms with Crippen LogP contribution in [-0.4, -0.2) is 12.6 Å². The van der Waals surface area contributed by atoms with Gasteiger partial charge in [-0.2, -0.15) is 0 Å². The van der Waals surface area contributed by atoms with Crippen LogP contribution in [0.1, 0.15) is 31.1 Å². The average molecular weight is 244 g/mol. The van der Waals surface area contributed by atoms with Gasteiger partial charge in [-0.25, -0.2) is 0 Å². The van der Waals surface area contributed by atoms with Crippen molar-refractivity contribution in [1.82, 2.24) is 5.32 Å². The molecule has 2 rings (SSSR count). The molecule has 1 nitrogen and oxygen atoms in total. The Hall–Kier alpha value is -0.0500. The second kappa shape index (κ2) is 5.33. The lowest BCUT2D eigenvalue weighted by atomic mass is 10.0. The van der Waals surface area contributed by atoms with E-state index in [0.29, 0.717) is 0 Å². The van der Waals surface area contributed by atoms with Gasteiger partial charge in [0.05, 0.1) is 4.34 Å². The zero-order valence-corrected chi connectivity index (χ0v) is 10.7. The Kier molecular flexibility index (Phi) is 4.06. The normalized spacial score (nSPS) is 18.0. The molecule has 0 amide bonds. The highest BCUT2D eigenvalue weighted by Gasteiger charge is 2.21. The van der Waals surface area contributed by atoms with E-state index < -0.39 is 0 Å². The van der Waals surface area contributed by atoms with Gasteiger partial charge in [0.1, 0.15) is 0 Å². The van der Waals surface area contributed by atoms with Crippen molar-refractivity contribution in [1.29, 1.82) is 0 Å². The van der Waals surface area contributed by atoms with Crippen LogP contribution in [0.4, 0.5) is 0 Å². The SMILES string of the molecule is CCC(CNC1CC1)Cc1ccc(Cl)s1. The van der Waals surface area contributed by atoms with E-state index in [2.05, 4.69) is 18.3 Å². The first-order valence-electron chi connectivity index (χ1n) is 5.75. The van der Waals surface area contributed by atoms with Crippen LogP contribution in [0, 0.1) is 5.92 Å². The molecule has 1 aliphatic rings. The maximum atomic E-state index is 5.93. The van der Waals surface area contributed by atoms with E-state index in [1.807, 2.05) is 6.07 Å². The standard InChI is InChI=1S/C12H18ClNS/c1-2-9(8-14-10-3-4-10)7-11-5-6-12(13)15-11/h5-6,9-10,14H,2-4,7-8H2,1H3. The number of rotatable bonds is 6. The Balaban J connectivity index is 1.78. The van der Waals surface area contributed by atoms with Gasteiger partial charge >= 0.3 is 0 Å². The van der Waals surface area contributed by atoms with Crippen LogP contribution in [-0.2, 0) is 6.42 Å². The van der Waals surface area contributed by atoms with E-state index in [0.717, 1.165) is 22.8 Å². The summed E-state index contributed by atoms with van der Waals surface area (Å²) in [5, 5.41) is 3.61. The third-order valence-electron chi connectivity index (χ3n) is 2.97. The van der Waals surface area contributed by atoms with Crippen molar-refractivity contribution in [2.75, 3.05) is 6.54 Å². The van der Waals surface area contributed by atoms with Crippen LogP contribution in [0.3, 0.4) is 0 Å². The van der Waals surface area contributed by atoms with E-state index in [9.17, 15) is 0 Å². The Labute approximate surface area is 101 Å². The molecule has 0 spiro atoms. The highest BCUT2D eigenvalue weighted by atomic mass is 35.5. The van der Waals surface area contributed by atoms with Crippen LogP contribution in [0.2, 0.25) is 4.34 Å². The van der Waals surface area contributed by atoms with Gasteiger partial charge in [0.15, 0.2) is 0 Å². The topological polar surface area (TPSA) is 12.0 Å². The molecule has 1 N–H and O–H groups in total. The number of nitrogens with one attached hydrogen (secondary N) is 1. The summed E-state index contributed by atoms with van der Waals surface area (Å²) in [5.74, 6) is 0.764. The summed E-state index contributed by atoms with van der Waals surface area (Å²) in [6, 6.07) is 4.99. The maximum Gasteiger partial charge on any atom is 0.0931 e. The molecule has 0 aromatic carbocycles. The van der Waals surface area contributed by atoms with Gasteiger partial charge in [0, 0.05) is 10.9 Å². The third-order valence-corrected chi connectivity index (χ3v) is 4.22. The smallest absolute Gasteiger partial charge is 0.0931 e. The number of hydrogen-bond donors (Lipinski definition) is 1. The van der Waals surface area contributed by atoms with Gasteiger partial charge in [-0.3, -0.25) is 0 Å². The van der Waals surface area contributed by atoms with Crippen molar-refractivity contribution in [3.63, 3.8) is 0 Å². The molecule has 1 heterocycles. The van der Waals surface area contributed by atoms with Gasteiger partial charge in [-0.05, 0) is 43.9 Å². The van der Waals surface area contributed by atoms with Crippen LogP contribution < -0.4 is 5.32 Å². The molecule has 3 heteroatoms. The minimum Gasteiger partial charge on any atom is -0.314 e. The summed E-state index contributed by atoms with van der Waals surface area (Å²) in [6.07, 6.45) is 5.17. The quantitative estimate of drug-likeness (QED) is 0.803. The van der Waals surface area contributed by atoms with Gasteiger partial charge in [0.2, 0.25) is 0 Å². The van der Waals surface area contributed by atoms with Crippen molar-refractivity contribution < 1.29 is 0 Å². The molecule has 1 atom stereocenters. The molecule has 1 fully saturated rings. The summed E-state index contributed by atoms with van der Waals surface area (Å²) in [7, 11) is 0. The first-order chi connectivity index (χ1) is 7.28. The van der Waals surface area contributed by atoms with Crippen molar-refractivity contribution in [3.8, 4) is 0 Å². The maximum absolute atomic E-state index is 5.93. The van der Waals surface area contributed by atoms with Gasteiger partial charge < -0.3 is 5.32 Å². The largest absolute Gasteiger partial charge is 0.314 e. The lowest BCUT2D eigenvalue weighted by Gasteiger charge is -2.14. The summed E-state index contributed by atoms with van der Waals surface area (Å²) >= 11 is 7.65. The molecule has 0 saturated heterocycles. The Morgan fingerprint density at radius 2 is 2.33 bits per heavy atom. The molecule has 1 saturated carbocycles. The predicted octanol–water partition coefficient (Wildman–Crippen LogP) is 3.72. The number of halogens is 1.